The van der Waals surface area contributed by atoms with Gasteiger partial charge in [0.2, 0.25) is 0 Å². The van der Waals surface area contributed by atoms with E-state index in [0.717, 1.165) is 5.69 Å². The Morgan fingerprint density at radius 3 is 2.43 bits per heavy atom. The molecule has 0 amide bonds. The van der Waals surface area contributed by atoms with Gasteiger partial charge in [0.1, 0.15) is 17.5 Å². The van der Waals surface area contributed by atoms with Crippen molar-refractivity contribution in [1.82, 2.24) is 14.8 Å². The van der Waals surface area contributed by atoms with Gasteiger partial charge in [-0.15, -0.1) is 0 Å². The number of benzene rings is 2. The predicted octanol–water partition coefficient (Wildman–Crippen LogP) is 3.76. The zero-order chi connectivity index (χ0) is 19.8. The van der Waals surface area contributed by atoms with Crippen LogP contribution in [0.5, 0.6) is 0 Å². The molecule has 0 aliphatic carbocycles. The molecule has 4 rings (SSSR count). The molecule has 0 aliphatic heterocycles. The van der Waals surface area contributed by atoms with E-state index in [1.807, 2.05) is 37.3 Å². The highest BCUT2D eigenvalue weighted by molar-refractivity contribution is 6.00. The van der Waals surface area contributed by atoms with Gasteiger partial charge < -0.3 is 5.73 Å². The smallest absolute Gasteiger partial charge is 0.269 e. The van der Waals surface area contributed by atoms with E-state index in [4.69, 9.17) is 5.73 Å². The molecule has 4 aromatic rings. The van der Waals surface area contributed by atoms with Gasteiger partial charge in [-0.05, 0) is 36.8 Å². The maximum Gasteiger partial charge on any atom is 0.269 e. The van der Waals surface area contributed by atoms with Gasteiger partial charge in [-0.2, -0.15) is 10.4 Å². The molecule has 8 heteroatoms. The number of hydrogen-bond acceptors (Lipinski definition) is 6. The van der Waals surface area contributed by atoms with Gasteiger partial charge in [-0.1, -0.05) is 18.2 Å². The van der Waals surface area contributed by atoms with Crippen molar-refractivity contribution in [1.29, 1.82) is 5.26 Å². The lowest BCUT2D eigenvalue weighted by Gasteiger charge is -2.10. The van der Waals surface area contributed by atoms with Crippen LogP contribution in [0.1, 0.15) is 11.3 Å². The zero-order valence-electron chi connectivity index (χ0n) is 14.8. The molecule has 2 aromatic heterocycles. The highest BCUT2D eigenvalue weighted by Gasteiger charge is 2.22. The molecule has 0 aliphatic rings. The summed E-state index contributed by atoms with van der Waals surface area (Å²) in [6.07, 6.45) is 0. The van der Waals surface area contributed by atoms with E-state index in [2.05, 4.69) is 16.2 Å². The molecular weight excluding hydrogens is 356 g/mol. The van der Waals surface area contributed by atoms with E-state index in [-0.39, 0.29) is 17.1 Å². The summed E-state index contributed by atoms with van der Waals surface area (Å²) in [5.74, 6) is 0.0837. The Balaban J connectivity index is 2.06. The molecule has 0 atom stereocenters. The van der Waals surface area contributed by atoms with E-state index < -0.39 is 4.92 Å². The van der Waals surface area contributed by atoms with Gasteiger partial charge in [0.15, 0.2) is 5.65 Å². The van der Waals surface area contributed by atoms with Gasteiger partial charge in [-0.25, -0.2) is 9.67 Å². The SMILES string of the molecule is Cc1nn(-c2ccccc2)c2nc(N)c(C#N)c(-c3ccc([N+](=O)[O-])cc3)c12. The van der Waals surface area contributed by atoms with Crippen molar-refractivity contribution in [3.63, 3.8) is 0 Å². The monoisotopic (exact) mass is 370 g/mol. The first-order valence-electron chi connectivity index (χ1n) is 8.40. The van der Waals surface area contributed by atoms with Crippen LogP contribution in [-0.2, 0) is 0 Å². The van der Waals surface area contributed by atoms with Gasteiger partial charge in [-0.3, -0.25) is 10.1 Å². The molecule has 2 aromatic carbocycles. The zero-order valence-corrected chi connectivity index (χ0v) is 14.8. The molecule has 28 heavy (non-hydrogen) atoms. The van der Waals surface area contributed by atoms with E-state index >= 15 is 0 Å². The fourth-order valence-corrected chi connectivity index (χ4v) is 3.23. The molecular formula is C20H14N6O2. The number of fused-ring (bicyclic) bond motifs is 1. The first kappa shape index (κ1) is 17.2. The van der Waals surface area contributed by atoms with Crippen molar-refractivity contribution < 1.29 is 4.92 Å². The number of non-ortho nitro benzene ring substituents is 1. The van der Waals surface area contributed by atoms with Crippen LogP contribution in [0.3, 0.4) is 0 Å². The van der Waals surface area contributed by atoms with Crippen molar-refractivity contribution in [2.45, 2.75) is 6.92 Å². The molecule has 0 radical (unpaired) electrons. The molecule has 0 saturated heterocycles. The van der Waals surface area contributed by atoms with Crippen molar-refractivity contribution in [2.24, 2.45) is 0 Å². The minimum atomic E-state index is -0.468. The largest absolute Gasteiger partial charge is 0.383 e. The molecule has 0 fully saturated rings. The summed E-state index contributed by atoms with van der Waals surface area (Å²) in [5.41, 5.74) is 9.49. The summed E-state index contributed by atoms with van der Waals surface area (Å²) in [7, 11) is 0. The fraction of sp³-hybridized carbons (Fsp3) is 0.0500. The Morgan fingerprint density at radius 1 is 1.14 bits per heavy atom. The average molecular weight is 370 g/mol. The minimum absolute atomic E-state index is 0.0303. The number of nitrogens with zero attached hydrogens (tertiary/aromatic N) is 5. The lowest BCUT2D eigenvalue weighted by atomic mass is 9.97. The third-order valence-electron chi connectivity index (χ3n) is 4.50. The Kier molecular flexibility index (Phi) is 3.98. The van der Waals surface area contributed by atoms with Crippen LogP contribution in [0.15, 0.2) is 54.6 Å². The summed E-state index contributed by atoms with van der Waals surface area (Å²) in [4.78, 5) is 14.9. The second-order valence-electron chi connectivity index (χ2n) is 6.19. The normalized spacial score (nSPS) is 10.7. The van der Waals surface area contributed by atoms with Crippen molar-refractivity contribution >= 4 is 22.5 Å². The molecule has 8 nitrogen and oxygen atoms in total. The summed E-state index contributed by atoms with van der Waals surface area (Å²) in [5, 5.41) is 25.9. The highest BCUT2D eigenvalue weighted by atomic mass is 16.6. The van der Waals surface area contributed by atoms with Crippen LogP contribution in [0.2, 0.25) is 0 Å². The first-order valence-corrected chi connectivity index (χ1v) is 8.40. The van der Waals surface area contributed by atoms with Gasteiger partial charge in [0.05, 0.1) is 21.7 Å². The summed E-state index contributed by atoms with van der Waals surface area (Å²) in [6, 6.07) is 17.6. The summed E-state index contributed by atoms with van der Waals surface area (Å²) in [6.45, 7) is 1.83. The Morgan fingerprint density at radius 2 is 1.82 bits per heavy atom. The van der Waals surface area contributed by atoms with Gasteiger partial charge in [0, 0.05) is 17.7 Å². The van der Waals surface area contributed by atoms with Crippen molar-refractivity contribution in [3.05, 3.63) is 76.0 Å². The number of nitriles is 1. The molecule has 136 valence electrons. The lowest BCUT2D eigenvalue weighted by molar-refractivity contribution is -0.384. The van der Waals surface area contributed by atoms with Crippen LogP contribution >= 0.6 is 0 Å². The molecule has 0 spiro atoms. The molecule has 2 heterocycles. The van der Waals surface area contributed by atoms with E-state index in [1.54, 1.807) is 16.8 Å². The third kappa shape index (κ3) is 2.62. The molecule has 0 bridgehead atoms. The van der Waals surface area contributed by atoms with Crippen LogP contribution in [0.4, 0.5) is 11.5 Å². The molecule has 0 saturated carbocycles. The van der Waals surface area contributed by atoms with E-state index in [0.29, 0.717) is 27.9 Å². The van der Waals surface area contributed by atoms with Crippen LogP contribution in [-0.4, -0.2) is 19.7 Å². The average Bonchev–Trinajstić information content (AvgIpc) is 3.03. The second-order valence-corrected chi connectivity index (χ2v) is 6.19. The number of para-hydroxylation sites is 1. The standard InChI is InChI=1S/C20H14N6O2/c1-12-17-18(13-7-9-15(10-8-13)26(27)28)16(11-21)19(22)23-20(17)25(24-12)14-5-3-2-4-6-14/h2-10H,1H3,(H2,22,23). The lowest BCUT2D eigenvalue weighted by Crippen LogP contribution is -2.02. The summed E-state index contributed by atoms with van der Waals surface area (Å²) >= 11 is 0. The first-order chi connectivity index (χ1) is 13.5. The number of anilines is 1. The van der Waals surface area contributed by atoms with Crippen LogP contribution < -0.4 is 5.73 Å². The number of aromatic nitrogens is 3. The number of pyridine rings is 1. The minimum Gasteiger partial charge on any atom is -0.383 e. The number of nitrogens with two attached hydrogens (primary N) is 1. The maximum absolute atomic E-state index is 11.0. The third-order valence-corrected chi connectivity index (χ3v) is 4.50. The van der Waals surface area contributed by atoms with E-state index in [1.165, 1.54) is 12.1 Å². The number of nitro benzene ring substituents is 1. The second kappa shape index (κ2) is 6.48. The number of aryl methyl sites for hydroxylation is 1. The topological polar surface area (TPSA) is 124 Å². The van der Waals surface area contributed by atoms with E-state index in [9.17, 15) is 15.4 Å². The molecule has 0 unspecified atom stereocenters. The summed E-state index contributed by atoms with van der Waals surface area (Å²) < 4.78 is 1.68. The van der Waals surface area contributed by atoms with Gasteiger partial charge in [0.25, 0.3) is 5.69 Å². The van der Waals surface area contributed by atoms with Crippen LogP contribution in [0, 0.1) is 28.4 Å². The Labute approximate surface area is 159 Å². The Hall–Kier alpha value is -4.25. The quantitative estimate of drug-likeness (QED) is 0.432. The highest BCUT2D eigenvalue weighted by Crippen LogP contribution is 2.37. The fourth-order valence-electron chi connectivity index (χ4n) is 3.23. The Bertz CT molecular complexity index is 1250. The van der Waals surface area contributed by atoms with Crippen molar-refractivity contribution in [2.75, 3.05) is 5.73 Å². The molecule has 2 N–H and O–H groups in total. The maximum atomic E-state index is 11.0. The van der Waals surface area contributed by atoms with Crippen molar-refractivity contribution in [3.8, 4) is 22.9 Å². The predicted molar refractivity (Wildman–Crippen MR) is 105 cm³/mol. The van der Waals surface area contributed by atoms with Crippen LogP contribution in [0.25, 0.3) is 27.8 Å². The number of nitrogen functional groups attached to an aromatic ring is 1. The number of hydrogen-bond donors (Lipinski definition) is 1. The van der Waals surface area contributed by atoms with Gasteiger partial charge >= 0.3 is 0 Å². The number of nitro groups is 1. The number of rotatable bonds is 3.